The summed E-state index contributed by atoms with van der Waals surface area (Å²) in [5.41, 5.74) is 6.27. The Labute approximate surface area is 93.4 Å². The largest absolute Gasteiger partial charge is 0.370 e. The van der Waals surface area contributed by atoms with E-state index < -0.39 is 5.91 Å². The summed E-state index contributed by atoms with van der Waals surface area (Å²) in [5, 5.41) is 7.44. The van der Waals surface area contributed by atoms with Crippen molar-refractivity contribution in [1.82, 2.24) is 5.32 Å². The molecule has 5 heteroatoms. The highest BCUT2D eigenvalue weighted by atomic mass is 32.1. The maximum absolute atomic E-state index is 10.3. The third-order valence-electron chi connectivity index (χ3n) is 1.84. The minimum atomic E-state index is -0.423. The quantitative estimate of drug-likeness (QED) is 0.632. The lowest BCUT2D eigenvalue weighted by Gasteiger charge is -2.03. The molecule has 1 heterocycles. The molecule has 0 aromatic carbocycles. The number of nitrogens with two attached hydrogens (primary N) is 1. The second-order valence-electron chi connectivity index (χ2n) is 3.15. The van der Waals surface area contributed by atoms with E-state index in [2.05, 4.69) is 22.1 Å². The summed E-state index contributed by atoms with van der Waals surface area (Å²) in [4.78, 5) is 10.3. The summed E-state index contributed by atoms with van der Waals surface area (Å²) >= 11 is 1.71. The van der Waals surface area contributed by atoms with E-state index in [-0.39, 0.29) is 6.61 Å². The van der Waals surface area contributed by atoms with Crippen LogP contribution < -0.4 is 11.1 Å². The van der Waals surface area contributed by atoms with Gasteiger partial charge in [0.25, 0.3) is 0 Å². The molecule has 0 fully saturated rings. The van der Waals surface area contributed by atoms with Crippen LogP contribution in [0.15, 0.2) is 16.8 Å². The average Bonchev–Trinajstić information content (AvgIpc) is 2.68. The molecule has 0 atom stereocenters. The number of amides is 1. The second-order valence-corrected chi connectivity index (χ2v) is 3.93. The van der Waals surface area contributed by atoms with Gasteiger partial charge in [-0.2, -0.15) is 11.3 Å². The van der Waals surface area contributed by atoms with Gasteiger partial charge in [0.2, 0.25) is 5.91 Å². The van der Waals surface area contributed by atoms with Gasteiger partial charge in [-0.1, -0.05) is 0 Å². The van der Waals surface area contributed by atoms with Crippen LogP contribution >= 0.6 is 11.3 Å². The fourth-order valence-electron chi connectivity index (χ4n) is 1.11. The zero-order valence-corrected chi connectivity index (χ0v) is 9.39. The number of rotatable bonds is 8. The zero-order valence-electron chi connectivity index (χ0n) is 8.57. The van der Waals surface area contributed by atoms with Crippen LogP contribution in [0.4, 0.5) is 0 Å². The number of carbonyl (C=O) groups is 1. The molecule has 15 heavy (non-hydrogen) atoms. The topological polar surface area (TPSA) is 64.4 Å². The molecule has 0 saturated heterocycles. The first-order chi connectivity index (χ1) is 7.29. The fraction of sp³-hybridized carbons (Fsp3) is 0.500. The predicted molar refractivity (Wildman–Crippen MR) is 60.9 cm³/mol. The van der Waals surface area contributed by atoms with Crippen LogP contribution in [0.2, 0.25) is 0 Å². The highest BCUT2D eigenvalue weighted by molar-refractivity contribution is 7.07. The van der Waals surface area contributed by atoms with Crippen molar-refractivity contribution in [3.8, 4) is 0 Å². The first-order valence-electron chi connectivity index (χ1n) is 4.87. The lowest BCUT2D eigenvalue weighted by Crippen LogP contribution is -2.25. The molecule has 3 N–H and O–H groups in total. The molecule has 4 nitrogen and oxygen atoms in total. The maximum atomic E-state index is 10.3. The van der Waals surface area contributed by atoms with E-state index in [0.29, 0.717) is 6.61 Å². The first-order valence-corrected chi connectivity index (χ1v) is 5.81. The molecule has 1 aromatic rings. The highest BCUT2D eigenvalue weighted by Crippen LogP contribution is 2.05. The van der Waals surface area contributed by atoms with Crippen molar-refractivity contribution in [2.75, 3.05) is 26.3 Å². The van der Waals surface area contributed by atoms with Gasteiger partial charge < -0.3 is 15.8 Å². The summed E-state index contributed by atoms with van der Waals surface area (Å²) in [6.07, 6.45) is 1.03. The van der Waals surface area contributed by atoms with Crippen molar-refractivity contribution in [2.24, 2.45) is 5.73 Å². The number of primary amides is 1. The minimum Gasteiger partial charge on any atom is -0.370 e. The highest BCUT2D eigenvalue weighted by Gasteiger charge is 1.94. The van der Waals surface area contributed by atoms with E-state index in [1.54, 1.807) is 11.3 Å². The van der Waals surface area contributed by atoms with Gasteiger partial charge >= 0.3 is 0 Å². The molecule has 0 aliphatic heterocycles. The van der Waals surface area contributed by atoms with Crippen molar-refractivity contribution in [2.45, 2.75) is 6.42 Å². The molecule has 0 bridgehead atoms. The minimum absolute atomic E-state index is 0.00616. The molecular weight excluding hydrogens is 212 g/mol. The van der Waals surface area contributed by atoms with E-state index >= 15 is 0 Å². The monoisotopic (exact) mass is 228 g/mol. The van der Waals surface area contributed by atoms with Crippen molar-refractivity contribution in [3.63, 3.8) is 0 Å². The zero-order chi connectivity index (χ0) is 10.9. The number of thiophene rings is 1. The number of ether oxygens (including phenoxy) is 1. The normalized spacial score (nSPS) is 10.4. The smallest absolute Gasteiger partial charge is 0.243 e. The van der Waals surface area contributed by atoms with E-state index in [9.17, 15) is 4.79 Å². The predicted octanol–water partition coefficient (Wildman–Crippen LogP) is 0.382. The molecule has 84 valence electrons. The molecule has 0 aliphatic carbocycles. The Hall–Kier alpha value is -0.910. The fourth-order valence-corrected chi connectivity index (χ4v) is 1.81. The third kappa shape index (κ3) is 6.22. The van der Waals surface area contributed by atoms with Gasteiger partial charge in [-0.05, 0) is 35.4 Å². The molecule has 0 spiro atoms. The Morgan fingerprint density at radius 2 is 2.40 bits per heavy atom. The van der Waals surface area contributed by atoms with Crippen LogP contribution in [0, 0.1) is 0 Å². The summed E-state index contributed by atoms with van der Waals surface area (Å²) in [5.74, 6) is -0.423. The van der Waals surface area contributed by atoms with Gasteiger partial charge in [0, 0.05) is 6.54 Å². The summed E-state index contributed by atoms with van der Waals surface area (Å²) in [7, 11) is 0. The number of hydrogen-bond acceptors (Lipinski definition) is 4. The van der Waals surface area contributed by atoms with E-state index in [1.807, 2.05) is 0 Å². The lowest BCUT2D eigenvalue weighted by molar-refractivity contribution is -0.122. The molecule has 1 amide bonds. The van der Waals surface area contributed by atoms with E-state index in [0.717, 1.165) is 19.5 Å². The standard InChI is InChI=1S/C10H16N2O2S/c11-10(13)7-14-5-4-12-3-1-9-2-6-15-8-9/h2,6,8,12H,1,3-5,7H2,(H2,11,13). The van der Waals surface area contributed by atoms with Crippen molar-refractivity contribution >= 4 is 17.2 Å². The van der Waals surface area contributed by atoms with Crippen molar-refractivity contribution in [1.29, 1.82) is 0 Å². The van der Waals surface area contributed by atoms with Crippen LogP contribution in [-0.4, -0.2) is 32.2 Å². The van der Waals surface area contributed by atoms with Crippen LogP contribution in [0.1, 0.15) is 5.56 Å². The van der Waals surface area contributed by atoms with Crippen LogP contribution in [0.25, 0.3) is 0 Å². The Bertz CT molecular complexity index is 275. The summed E-state index contributed by atoms with van der Waals surface area (Å²) in [6.45, 7) is 2.20. The molecule has 1 aromatic heterocycles. The van der Waals surface area contributed by atoms with Gasteiger partial charge in [-0.3, -0.25) is 4.79 Å². The second kappa shape index (κ2) is 7.39. The summed E-state index contributed by atoms with van der Waals surface area (Å²) < 4.78 is 5.00. The molecule has 0 radical (unpaired) electrons. The van der Waals surface area contributed by atoms with Crippen LogP contribution in [-0.2, 0) is 16.0 Å². The Kier molecular flexibility index (Phi) is 5.99. The molecule has 0 aliphatic rings. The van der Waals surface area contributed by atoms with Gasteiger partial charge in [0.1, 0.15) is 6.61 Å². The van der Waals surface area contributed by atoms with Gasteiger partial charge in [0.05, 0.1) is 6.61 Å². The van der Waals surface area contributed by atoms with Gasteiger partial charge in [0.15, 0.2) is 0 Å². The third-order valence-corrected chi connectivity index (χ3v) is 2.57. The van der Waals surface area contributed by atoms with Crippen molar-refractivity contribution in [3.05, 3.63) is 22.4 Å². The van der Waals surface area contributed by atoms with E-state index in [1.165, 1.54) is 5.56 Å². The van der Waals surface area contributed by atoms with Crippen LogP contribution in [0.3, 0.4) is 0 Å². The Balaban J connectivity index is 1.87. The average molecular weight is 228 g/mol. The molecular formula is C10H16N2O2S. The molecule has 0 unspecified atom stereocenters. The number of carbonyl (C=O) groups excluding carboxylic acids is 1. The summed E-state index contributed by atoms with van der Waals surface area (Å²) in [6, 6.07) is 2.12. The number of nitrogens with one attached hydrogen (secondary N) is 1. The van der Waals surface area contributed by atoms with Crippen molar-refractivity contribution < 1.29 is 9.53 Å². The SMILES string of the molecule is NC(=O)COCCNCCc1ccsc1. The Morgan fingerprint density at radius 1 is 1.53 bits per heavy atom. The van der Waals surface area contributed by atoms with Gasteiger partial charge in [-0.25, -0.2) is 0 Å². The first kappa shape index (κ1) is 12.2. The van der Waals surface area contributed by atoms with Crippen LogP contribution in [0.5, 0.6) is 0 Å². The Morgan fingerprint density at radius 3 is 3.07 bits per heavy atom. The lowest BCUT2D eigenvalue weighted by atomic mass is 10.2. The maximum Gasteiger partial charge on any atom is 0.243 e. The van der Waals surface area contributed by atoms with Gasteiger partial charge in [-0.15, -0.1) is 0 Å². The number of hydrogen-bond donors (Lipinski definition) is 2. The molecule has 0 saturated carbocycles. The molecule has 1 rings (SSSR count). The van der Waals surface area contributed by atoms with E-state index in [4.69, 9.17) is 10.5 Å².